The van der Waals surface area contributed by atoms with Crippen molar-refractivity contribution < 1.29 is 9.53 Å². The van der Waals surface area contributed by atoms with Gasteiger partial charge >= 0.3 is 5.97 Å². The molecule has 3 N–H and O–H groups in total. The summed E-state index contributed by atoms with van der Waals surface area (Å²) in [5.74, 6) is -0.313. The lowest BCUT2D eigenvalue weighted by atomic mass is 10.2. The van der Waals surface area contributed by atoms with Gasteiger partial charge in [0.15, 0.2) is 0 Å². The molecule has 0 aromatic heterocycles. The van der Waals surface area contributed by atoms with Gasteiger partial charge in [-0.25, -0.2) is 4.79 Å². The third-order valence-electron chi connectivity index (χ3n) is 2.24. The number of nitrogens with one attached hydrogen (secondary N) is 1. The highest BCUT2D eigenvalue weighted by Crippen LogP contribution is 2.24. The molecule has 0 fully saturated rings. The van der Waals surface area contributed by atoms with Gasteiger partial charge in [0.05, 0.1) is 12.2 Å². The van der Waals surface area contributed by atoms with Gasteiger partial charge in [0, 0.05) is 22.7 Å². The van der Waals surface area contributed by atoms with Crippen LogP contribution in [-0.4, -0.2) is 25.2 Å². The molecule has 1 aromatic carbocycles. The SMILES string of the molecule is CCOC(=O)c1ccc(NC(C)CN)c(Br)c1. The minimum Gasteiger partial charge on any atom is -0.462 e. The molecular formula is C12H17BrN2O2. The van der Waals surface area contributed by atoms with Crippen LogP contribution in [0.1, 0.15) is 24.2 Å². The summed E-state index contributed by atoms with van der Waals surface area (Å²) in [6.07, 6.45) is 0. The van der Waals surface area contributed by atoms with Gasteiger partial charge in [0.25, 0.3) is 0 Å². The second-order valence-electron chi connectivity index (χ2n) is 3.70. The van der Waals surface area contributed by atoms with Crippen molar-refractivity contribution in [3.8, 4) is 0 Å². The number of hydrogen-bond acceptors (Lipinski definition) is 4. The first-order valence-corrected chi connectivity index (χ1v) is 6.31. The summed E-state index contributed by atoms with van der Waals surface area (Å²) in [4.78, 5) is 11.5. The summed E-state index contributed by atoms with van der Waals surface area (Å²) in [5, 5.41) is 3.23. The van der Waals surface area contributed by atoms with Gasteiger partial charge in [0.2, 0.25) is 0 Å². The van der Waals surface area contributed by atoms with E-state index in [4.69, 9.17) is 10.5 Å². The molecule has 0 saturated heterocycles. The maximum Gasteiger partial charge on any atom is 0.338 e. The maximum absolute atomic E-state index is 11.5. The van der Waals surface area contributed by atoms with Crippen LogP contribution in [0.3, 0.4) is 0 Å². The summed E-state index contributed by atoms with van der Waals surface area (Å²) in [5.41, 5.74) is 6.98. The summed E-state index contributed by atoms with van der Waals surface area (Å²) in [7, 11) is 0. The molecule has 0 spiro atoms. The monoisotopic (exact) mass is 300 g/mol. The normalized spacial score (nSPS) is 12.0. The molecule has 0 saturated carbocycles. The Labute approximate surface area is 110 Å². The smallest absolute Gasteiger partial charge is 0.338 e. The van der Waals surface area contributed by atoms with Crippen LogP contribution in [0.15, 0.2) is 22.7 Å². The van der Waals surface area contributed by atoms with E-state index in [1.165, 1.54) is 0 Å². The average molecular weight is 301 g/mol. The number of rotatable bonds is 5. The van der Waals surface area contributed by atoms with Crippen LogP contribution in [-0.2, 0) is 4.74 Å². The average Bonchev–Trinajstić information content (AvgIpc) is 2.31. The van der Waals surface area contributed by atoms with Crippen molar-refractivity contribution in [1.82, 2.24) is 0 Å². The van der Waals surface area contributed by atoms with Gasteiger partial charge in [0.1, 0.15) is 0 Å². The van der Waals surface area contributed by atoms with E-state index in [1.807, 2.05) is 13.0 Å². The Morgan fingerprint density at radius 2 is 2.29 bits per heavy atom. The Morgan fingerprint density at radius 3 is 2.82 bits per heavy atom. The Bertz CT molecular complexity index is 396. The zero-order valence-electron chi connectivity index (χ0n) is 10.00. The number of benzene rings is 1. The maximum atomic E-state index is 11.5. The van der Waals surface area contributed by atoms with Crippen LogP contribution in [0.4, 0.5) is 5.69 Å². The van der Waals surface area contributed by atoms with Gasteiger partial charge in [-0.1, -0.05) is 0 Å². The van der Waals surface area contributed by atoms with Crippen molar-refractivity contribution in [3.05, 3.63) is 28.2 Å². The first-order chi connectivity index (χ1) is 8.08. The molecule has 17 heavy (non-hydrogen) atoms. The number of nitrogens with two attached hydrogens (primary N) is 1. The van der Waals surface area contributed by atoms with Gasteiger partial charge < -0.3 is 15.8 Å². The van der Waals surface area contributed by atoms with Crippen LogP contribution in [0.2, 0.25) is 0 Å². The predicted octanol–water partition coefficient (Wildman–Crippen LogP) is 2.38. The van der Waals surface area contributed by atoms with E-state index < -0.39 is 0 Å². The second kappa shape index (κ2) is 6.61. The second-order valence-corrected chi connectivity index (χ2v) is 4.55. The van der Waals surface area contributed by atoms with Crippen LogP contribution < -0.4 is 11.1 Å². The van der Waals surface area contributed by atoms with Crippen molar-refractivity contribution in [3.63, 3.8) is 0 Å². The molecule has 0 aliphatic carbocycles. The fourth-order valence-electron chi connectivity index (χ4n) is 1.30. The van der Waals surface area contributed by atoms with E-state index >= 15 is 0 Å². The highest BCUT2D eigenvalue weighted by atomic mass is 79.9. The molecule has 1 rings (SSSR count). The number of ether oxygens (including phenoxy) is 1. The lowest BCUT2D eigenvalue weighted by Crippen LogP contribution is -2.25. The fraction of sp³-hybridized carbons (Fsp3) is 0.417. The van der Waals surface area contributed by atoms with Crippen LogP contribution in [0.5, 0.6) is 0 Å². The van der Waals surface area contributed by atoms with Gasteiger partial charge in [-0.15, -0.1) is 0 Å². The summed E-state index contributed by atoms with van der Waals surface area (Å²) >= 11 is 3.41. The third-order valence-corrected chi connectivity index (χ3v) is 2.89. The molecule has 94 valence electrons. The van der Waals surface area contributed by atoms with Crippen molar-refractivity contribution in [1.29, 1.82) is 0 Å². The topological polar surface area (TPSA) is 64.3 Å². The minimum absolute atomic E-state index is 0.180. The standard InChI is InChI=1S/C12H17BrN2O2/c1-3-17-12(16)9-4-5-11(10(13)6-9)15-8(2)7-14/h4-6,8,15H,3,7,14H2,1-2H3. The summed E-state index contributed by atoms with van der Waals surface area (Å²) in [6.45, 7) is 4.70. The van der Waals surface area contributed by atoms with Crippen LogP contribution in [0, 0.1) is 0 Å². The van der Waals surface area contributed by atoms with Gasteiger partial charge in [-0.05, 0) is 48.0 Å². The molecule has 0 heterocycles. The van der Waals surface area contributed by atoms with E-state index in [0.29, 0.717) is 18.7 Å². The molecule has 0 bridgehead atoms. The Morgan fingerprint density at radius 1 is 1.59 bits per heavy atom. The highest BCUT2D eigenvalue weighted by molar-refractivity contribution is 9.10. The van der Waals surface area contributed by atoms with Crippen molar-refractivity contribution in [2.45, 2.75) is 19.9 Å². The predicted molar refractivity (Wildman–Crippen MR) is 72.2 cm³/mol. The molecule has 4 nitrogen and oxygen atoms in total. The van der Waals surface area contributed by atoms with Gasteiger partial charge in [-0.2, -0.15) is 0 Å². The lowest BCUT2D eigenvalue weighted by Gasteiger charge is -2.14. The van der Waals surface area contributed by atoms with Crippen molar-refractivity contribution >= 4 is 27.6 Å². The number of esters is 1. The molecule has 0 amide bonds. The number of halogens is 1. The molecule has 0 radical (unpaired) electrons. The van der Waals surface area contributed by atoms with Crippen LogP contribution >= 0.6 is 15.9 Å². The zero-order valence-corrected chi connectivity index (χ0v) is 11.6. The van der Waals surface area contributed by atoms with Crippen molar-refractivity contribution in [2.75, 3.05) is 18.5 Å². The molecule has 1 atom stereocenters. The van der Waals surface area contributed by atoms with E-state index in [2.05, 4.69) is 21.2 Å². The number of carbonyl (C=O) groups is 1. The fourth-order valence-corrected chi connectivity index (χ4v) is 1.79. The summed E-state index contributed by atoms with van der Waals surface area (Å²) in [6, 6.07) is 5.49. The highest BCUT2D eigenvalue weighted by Gasteiger charge is 2.10. The molecule has 5 heteroatoms. The van der Waals surface area contributed by atoms with E-state index in [1.54, 1.807) is 19.1 Å². The molecule has 0 aliphatic rings. The number of hydrogen-bond donors (Lipinski definition) is 2. The third kappa shape index (κ3) is 4.02. The minimum atomic E-state index is -0.313. The van der Waals surface area contributed by atoms with E-state index in [9.17, 15) is 4.79 Å². The Kier molecular flexibility index (Phi) is 5.44. The first kappa shape index (κ1) is 14.0. The van der Waals surface area contributed by atoms with Crippen LogP contribution in [0.25, 0.3) is 0 Å². The Balaban J connectivity index is 2.82. The lowest BCUT2D eigenvalue weighted by molar-refractivity contribution is 0.0526. The Hall–Kier alpha value is -1.07. The summed E-state index contributed by atoms with van der Waals surface area (Å²) < 4.78 is 5.75. The first-order valence-electron chi connectivity index (χ1n) is 5.51. The zero-order chi connectivity index (χ0) is 12.8. The van der Waals surface area contributed by atoms with Crippen molar-refractivity contribution in [2.24, 2.45) is 5.73 Å². The quantitative estimate of drug-likeness (QED) is 0.820. The van der Waals surface area contributed by atoms with Gasteiger partial charge in [-0.3, -0.25) is 0 Å². The molecular weight excluding hydrogens is 284 g/mol. The van der Waals surface area contributed by atoms with E-state index in [0.717, 1.165) is 10.2 Å². The molecule has 0 aliphatic heterocycles. The molecule has 1 unspecified atom stereocenters. The number of anilines is 1. The van der Waals surface area contributed by atoms with E-state index in [-0.39, 0.29) is 12.0 Å². The number of carbonyl (C=O) groups excluding carboxylic acids is 1. The molecule has 1 aromatic rings. The largest absolute Gasteiger partial charge is 0.462 e.